The summed E-state index contributed by atoms with van der Waals surface area (Å²) in [6.07, 6.45) is 1.25. The van der Waals surface area contributed by atoms with Crippen LogP contribution in [0, 0.1) is 0 Å². The number of hydrogen-bond donors (Lipinski definition) is 1. The normalized spacial score (nSPS) is 17.1. The van der Waals surface area contributed by atoms with Crippen molar-refractivity contribution < 1.29 is 9.47 Å². The molecular weight excluding hydrogens is 252 g/mol. The molecule has 1 atom stereocenters. The lowest BCUT2D eigenvalue weighted by Crippen LogP contribution is -2.27. The molecule has 0 aromatic heterocycles. The van der Waals surface area contributed by atoms with Crippen molar-refractivity contribution in [1.82, 2.24) is 10.2 Å². The first-order valence-electron chi connectivity index (χ1n) is 7.42. The van der Waals surface area contributed by atoms with E-state index in [2.05, 4.69) is 36.3 Å². The van der Waals surface area contributed by atoms with E-state index in [1.807, 2.05) is 14.0 Å². The van der Waals surface area contributed by atoms with Gasteiger partial charge in [-0.3, -0.25) is 0 Å². The smallest absolute Gasteiger partial charge is 0.124 e. The van der Waals surface area contributed by atoms with Gasteiger partial charge in [-0.1, -0.05) is 0 Å². The van der Waals surface area contributed by atoms with E-state index in [1.165, 1.54) is 11.1 Å². The zero-order valence-electron chi connectivity index (χ0n) is 13.0. The predicted molar refractivity (Wildman–Crippen MR) is 81.7 cm³/mol. The maximum atomic E-state index is 5.86. The van der Waals surface area contributed by atoms with Gasteiger partial charge in [0, 0.05) is 37.2 Å². The van der Waals surface area contributed by atoms with Gasteiger partial charge in [0.15, 0.2) is 0 Å². The highest BCUT2D eigenvalue weighted by atomic mass is 16.5. The van der Waals surface area contributed by atoms with Crippen molar-refractivity contribution in [2.24, 2.45) is 0 Å². The van der Waals surface area contributed by atoms with Crippen LogP contribution in [0.15, 0.2) is 12.1 Å². The summed E-state index contributed by atoms with van der Waals surface area (Å²) in [6, 6.07) is 4.31. The Morgan fingerprint density at radius 2 is 2.25 bits per heavy atom. The summed E-state index contributed by atoms with van der Waals surface area (Å²) < 4.78 is 11.7. The van der Waals surface area contributed by atoms with Crippen LogP contribution >= 0.6 is 0 Å². The Morgan fingerprint density at radius 3 is 2.95 bits per heavy atom. The Kier molecular flexibility index (Phi) is 5.26. The van der Waals surface area contributed by atoms with Crippen LogP contribution in [0.25, 0.3) is 0 Å². The zero-order chi connectivity index (χ0) is 14.5. The Balaban J connectivity index is 2.15. The summed E-state index contributed by atoms with van der Waals surface area (Å²) in [6.45, 7) is 7.71. The fourth-order valence-electron chi connectivity index (χ4n) is 2.57. The van der Waals surface area contributed by atoms with E-state index in [1.54, 1.807) is 0 Å². The van der Waals surface area contributed by atoms with Gasteiger partial charge < -0.3 is 19.7 Å². The highest BCUT2D eigenvalue weighted by Crippen LogP contribution is 2.35. The fraction of sp³-hybridized carbons (Fsp3) is 0.625. The number of hydrogen-bond acceptors (Lipinski definition) is 4. The van der Waals surface area contributed by atoms with Gasteiger partial charge in [0.2, 0.25) is 0 Å². The van der Waals surface area contributed by atoms with Crippen molar-refractivity contribution in [1.29, 1.82) is 0 Å². The molecule has 112 valence electrons. The molecule has 4 nitrogen and oxygen atoms in total. The van der Waals surface area contributed by atoms with Crippen LogP contribution in [-0.2, 0) is 13.0 Å². The number of nitrogens with zero attached hydrogens (tertiary/aromatic N) is 1. The first-order chi connectivity index (χ1) is 9.63. The topological polar surface area (TPSA) is 33.7 Å². The van der Waals surface area contributed by atoms with E-state index in [0.717, 1.165) is 37.6 Å². The maximum Gasteiger partial charge on any atom is 0.124 e. The average Bonchev–Trinajstić information content (AvgIpc) is 2.76. The molecule has 0 spiro atoms. The van der Waals surface area contributed by atoms with Gasteiger partial charge >= 0.3 is 0 Å². The SMILES string of the molecule is CCOc1cc2c(cc1CN(C)CCNC)OC(C)C2. The molecule has 0 aliphatic carbocycles. The molecule has 0 saturated carbocycles. The second-order valence-electron chi connectivity index (χ2n) is 5.47. The highest BCUT2D eigenvalue weighted by molar-refractivity contribution is 5.48. The lowest BCUT2D eigenvalue weighted by Gasteiger charge is -2.19. The quantitative estimate of drug-likeness (QED) is 0.828. The second-order valence-corrected chi connectivity index (χ2v) is 5.47. The van der Waals surface area contributed by atoms with E-state index >= 15 is 0 Å². The van der Waals surface area contributed by atoms with Crippen LogP contribution < -0.4 is 14.8 Å². The zero-order valence-corrected chi connectivity index (χ0v) is 13.0. The van der Waals surface area contributed by atoms with E-state index in [-0.39, 0.29) is 6.10 Å². The van der Waals surface area contributed by atoms with Gasteiger partial charge in [0.1, 0.15) is 17.6 Å². The molecule has 1 aliphatic rings. The molecule has 1 aromatic rings. The van der Waals surface area contributed by atoms with Crippen LogP contribution in [-0.4, -0.2) is 44.8 Å². The Bertz CT molecular complexity index is 448. The summed E-state index contributed by atoms with van der Waals surface area (Å²) >= 11 is 0. The third kappa shape index (κ3) is 3.64. The average molecular weight is 278 g/mol. The summed E-state index contributed by atoms with van der Waals surface area (Å²) in [4.78, 5) is 2.29. The first kappa shape index (κ1) is 15.1. The number of benzene rings is 1. The first-order valence-corrected chi connectivity index (χ1v) is 7.42. The Hall–Kier alpha value is -1.26. The molecule has 20 heavy (non-hydrogen) atoms. The van der Waals surface area contributed by atoms with E-state index in [0.29, 0.717) is 6.61 Å². The molecule has 1 aliphatic heterocycles. The minimum atomic E-state index is 0.275. The van der Waals surface area contributed by atoms with Gasteiger partial charge in [-0.05, 0) is 40.1 Å². The van der Waals surface area contributed by atoms with Crippen molar-refractivity contribution in [2.75, 3.05) is 33.8 Å². The van der Waals surface area contributed by atoms with Crippen LogP contribution in [0.3, 0.4) is 0 Å². The molecule has 0 fully saturated rings. The van der Waals surface area contributed by atoms with Crippen LogP contribution in [0.1, 0.15) is 25.0 Å². The second kappa shape index (κ2) is 6.95. The lowest BCUT2D eigenvalue weighted by molar-refractivity contribution is 0.253. The summed E-state index contributed by atoms with van der Waals surface area (Å²) in [7, 11) is 4.11. The van der Waals surface area contributed by atoms with Crippen LogP contribution in [0.2, 0.25) is 0 Å². The molecule has 4 heteroatoms. The molecule has 2 rings (SSSR count). The van der Waals surface area contributed by atoms with Gasteiger partial charge in [0.25, 0.3) is 0 Å². The van der Waals surface area contributed by atoms with Crippen LogP contribution in [0.5, 0.6) is 11.5 Å². The fourth-order valence-corrected chi connectivity index (χ4v) is 2.57. The van der Waals surface area contributed by atoms with Crippen molar-refractivity contribution in [2.45, 2.75) is 32.9 Å². The molecular formula is C16H26N2O2. The van der Waals surface area contributed by atoms with E-state index in [9.17, 15) is 0 Å². The van der Waals surface area contributed by atoms with E-state index in [4.69, 9.17) is 9.47 Å². The molecule has 0 radical (unpaired) electrons. The van der Waals surface area contributed by atoms with Gasteiger partial charge in [-0.25, -0.2) is 0 Å². The third-order valence-corrected chi connectivity index (χ3v) is 3.56. The van der Waals surface area contributed by atoms with Crippen molar-refractivity contribution in [3.8, 4) is 11.5 Å². The number of ether oxygens (including phenoxy) is 2. The number of rotatable bonds is 7. The van der Waals surface area contributed by atoms with Crippen molar-refractivity contribution in [3.05, 3.63) is 23.3 Å². The molecule has 0 saturated heterocycles. The minimum Gasteiger partial charge on any atom is -0.494 e. The Morgan fingerprint density at radius 1 is 1.45 bits per heavy atom. The lowest BCUT2D eigenvalue weighted by atomic mass is 10.1. The molecule has 1 N–H and O–H groups in total. The maximum absolute atomic E-state index is 5.86. The Labute approximate surface area is 122 Å². The van der Waals surface area contributed by atoms with Gasteiger partial charge in [0.05, 0.1) is 6.61 Å². The molecule has 1 heterocycles. The number of fused-ring (bicyclic) bond motifs is 1. The third-order valence-electron chi connectivity index (χ3n) is 3.56. The van der Waals surface area contributed by atoms with Crippen LogP contribution in [0.4, 0.5) is 0 Å². The summed E-state index contributed by atoms with van der Waals surface area (Å²) in [5, 5.41) is 3.17. The molecule has 1 aromatic carbocycles. The molecule has 1 unspecified atom stereocenters. The van der Waals surface area contributed by atoms with Gasteiger partial charge in [-0.2, -0.15) is 0 Å². The number of likely N-dealkylation sites (N-methyl/N-ethyl adjacent to an activating group) is 2. The summed E-state index contributed by atoms with van der Waals surface area (Å²) in [5.41, 5.74) is 2.47. The largest absolute Gasteiger partial charge is 0.494 e. The van der Waals surface area contributed by atoms with E-state index < -0.39 is 0 Å². The van der Waals surface area contributed by atoms with Crippen molar-refractivity contribution in [3.63, 3.8) is 0 Å². The van der Waals surface area contributed by atoms with Gasteiger partial charge in [-0.15, -0.1) is 0 Å². The predicted octanol–water partition coefficient (Wildman–Crippen LogP) is 2.06. The summed E-state index contributed by atoms with van der Waals surface area (Å²) in [5.74, 6) is 2.03. The molecule has 0 amide bonds. The highest BCUT2D eigenvalue weighted by Gasteiger charge is 2.22. The number of nitrogens with one attached hydrogen (secondary N) is 1. The van der Waals surface area contributed by atoms with Crippen molar-refractivity contribution >= 4 is 0 Å². The molecule has 0 bridgehead atoms. The monoisotopic (exact) mass is 278 g/mol. The minimum absolute atomic E-state index is 0.275. The standard InChI is InChI=1S/C16H26N2O2/c1-5-19-15-9-13-8-12(2)20-16(13)10-14(15)11-18(4)7-6-17-3/h9-10,12,17H,5-8,11H2,1-4H3.